The van der Waals surface area contributed by atoms with E-state index in [1.807, 2.05) is 25.1 Å². The first kappa shape index (κ1) is 11.9. The topological polar surface area (TPSA) is 46.2 Å². The van der Waals surface area contributed by atoms with Crippen molar-refractivity contribution in [2.24, 2.45) is 0 Å². The highest BCUT2D eigenvalue weighted by Gasteiger charge is 2.04. The van der Waals surface area contributed by atoms with Gasteiger partial charge in [-0.25, -0.2) is 0 Å². The van der Waals surface area contributed by atoms with Crippen molar-refractivity contribution in [3.63, 3.8) is 0 Å². The number of aliphatic hydroxyl groups excluding tert-OH is 1. The minimum Gasteiger partial charge on any atom is -0.399 e. The van der Waals surface area contributed by atoms with Gasteiger partial charge in [0.05, 0.1) is 6.61 Å². The molecule has 1 rings (SSSR count). The van der Waals surface area contributed by atoms with Crippen molar-refractivity contribution in [1.82, 2.24) is 0 Å². The molecule has 0 aliphatic carbocycles. The van der Waals surface area contributed by atoms with Crippen LogP contribution in [0.4, 0.5) is 5.69 Å². The van der Waals surface area contributed by atoms with E-state index in [0.29, 0.717) is 0 Å². The third kappa shape index (κ3) is 3.52. The number of halogens is 1. The van der Waals surface area contributed by atoms with Crippen LogP contribution in [0.5, 0.6) is 0 Å². The van der Waals surface area contributed by atoms with Crippen molar-refractivity contribution >= 4 is 33.4 Å². The van der Waals surface area contributed by atoms with Gasteiger partial charge >= 0.3 is 0 Å². The van der Waals surface area contributed by atoms with Gasteiger partial charge in [-0.15, -0.1) is 0 Å². The highest BCUT2D eigenvalue weighted by molar-refractivity contribution is 9.10. The van der Waals surface area contributed by atoms with Crippen LogP contribution < -0.4 is 5.73 Å². The number of nitrogen functional groups attached to an aromatic ring is 1. The van der Waals surface area contributed by atoms with Gasteiger partial charge < -0.3 is 10.8 Å². The Hall–Kier alpha value is -0.190. The van der Waals surface area contributed by atoms with E-state index >= 15 is 0 Å². The molecular weight excluding hydrogens is 262 g/mol. The van der Waals surface area contributed by atoms with E-state index in [1.165, 1.54) is 5.56 Å². The summed E-state index contributed by atoms with van der Waals surface area (Å²) >= 11 is 5.19. The summed E-state index contributed by atoms with van der Waals surface area (Å²) < 4.78 is 1.04. The quantitative estimate of drug-likeness (QED) is 0.831. The molecule has 0 saturated carbocycles. The smallest absolute Gasteiger partial charge is 0.0547 e. The van der Waals surface area contributed by atoms with E-state index in [-0.39, 0.29) is 11.9 Å². The van der Waals surface area contributed by atoms with Gasteiger partial charge in [-0.05, 0) is 17.7 Å². The molecule has 1 aromatic rings. The lowest BCUT2D eigenvalue weighted by atomic mass is 10.2. The molecule has 1 unspecified atom stereocenters. The average molecular weight is 276 g/mol. The summed E-state index contributed by atoms with van der Waals surface area (Å²) in [5.41, 5.74) is 7.61. The zero-order valence-corrected chi connectivity index (χ0v) is 10.4. The summed E-state index contributed by atoms with van der Waals surface area (Å²) in [5, 5.41) is 9.15. The highest BCUT2D eigenvalue weighted by Crippen LogP contribution is 2.25. The van der Waals surface area contributed by atoms with Gasteiger partial charge in [-0.3, -0.25) is 0 Å². The fourth-order valence-electron chi connectivity index (χ4n) is 0.965. The number of hydrogen-bond donors (Lipinski definition) is 2. The first-order valence-electron chi connectivity index (χ1n) is 4.40. The van der Waals surface area contributed by atoms with Gasteiger partial charge in [-0.2, -0.15) is 11.8 Å². The van der Waals surface area contributed by atoms with Gasteiger partial charge in [0, 0.05) is 21.2 Å². The highest BCUT2D eigenvalue weighted by atomic mass is 79.9. The zero-order valence-electron chi connectivity index (χ0n) is 8.03. The minimum absolute atomic E-state index is 0.220. The molecule has 78 valence electrons. The van der Waals surface area contributed by atoms with Gasteiger partial charge in [-0.1, -0.05) is 28.9 Å². The number of aliphatic hydroxyl groups is 1. The van der Waals surface area contributed by atoms with Gasteiger partial charge in [0.1, 0.15) is 0 Å². The van der Waals surface area contributed by atoms with E-state index in [4.69, 9.17) is 10.8 Å². The molecule has 4 heteroatoms. The minimum atomic E-state index is 0.220. The normalized spacial score (nSPS) is 12.8. The zero-order chi connectivity index (χ0) is 10.6. The molecule has 1 aromatic carbocycles. The third-order valence-electron chi connectivity index (χ3n) is 1.86. The Morgan fingerprint density at radius 1 is 1.57 bits per heavy atom. The van der Waals surface area contributed by atoms with Crippen LogP contribution in [0.1, 0.15) is 12.5 Å². The molecule has 0 aromatic heterocycles. The number of hydrogen-bond acceptors (Lipinski definition) is 3. The fraction of sp³-hybridized carbons (Fsp3) is 0.400. The van der Waals surface area contributed by atoms with Crippen molar-refractivity contribution in [3.05, 3.63) is 28.2 Å². The van der Waals surface area contributed by atoms with E-state index < -0.39 is 0 Å². The molecule has 3 N–H and O–H groups in total. The molecule has 0 aliphatic rings. The summed E-state index contributed by atoms with van der Waals surface area (Å²) in [5.74, 6) is 0.891. The lowest BCUT2D eigenvalue weighted by Gasteiger charge is -2.09. The number of thioether (sulfide) groups is 1. The molecule has 0 aliphatic heterocycles. The summed E-state index contributed by atoms with van der Waals surface area (Å²) in [4.78, 5) is 0. The Kier molecular flexibility index (Phi) is 4.78. The van der Waals surface area contributed by atoms with Crippen LogP contribution >= 0.6 is 27.7 Å². The Bertz CT molecular complexity index is 306. The van der Waals surface area contributed by atoms with Crippen LogP contribution in [-0.2, 0) is 5.75 Å². The van der Waals surface area contributed by atoms with Crippen LogP contribution in [0.3, 0.4) is 0 Å². The Morgan fingerprint density at radius 3 is 2.86 bits per heavy atom. The molecule has 0 heterocycles. The SMILES string of the molecule is CC(CO)SCc1ccc(N)cc1Br. The predicted octanol–water partition coefficient (Wildman–Crippen LogP) is 2.65. The molecular formula is C10H14BrNOS. The second kappa shape index (κ2) is 5.63. The van der Waals surface area contributed by atoms with Crippen molar-refractivity contribution in [1.29, 1.82) is 0 Å². The summed E-state index contributed by atoms with van der Waals surface area (Å²) in [7, 11) is 0. The maximum atomic E-state index is 8.87. The number of rotatable bonds is 4. The summed E-state index contributed by atoms with van der Waals surface area (Å²) in [6, 6.07) is 5.81. The standard InChI is InChI=1S/C10H14BrNOS/c1-7(5-13)14-6-8-2-3-9(12)4-10(8)11/h2-4,7,13H,5-6,12H2,1H3. The van der Waals surface area contributed by atoms with E-state index in [2.05, 4.69) is 15.9 Å². The van der Waals surface area contributed by atoms with Crippen molar-refractivity contribution in [2.75, 3.05) is 12.3 Å². The molecule has 0 saturated heterocycles. The Morgan fingerprint density at radius 2 is 2.29 bits per heavy atom. The maximum Gasteiger partial charge on any atom is 0.0547 e. The monoisotopic (exact) mass is 275 g/mol. The fourth-order valence-corrected chi connectivity index (χ4v) is 2.51. The lowest BCUT2D eigenvalue weighted by molar-refractivity contribution is 0.300. The number of anilines is 1. The largest absolute Gasteiger partial charge is 0.399 e. The van der Waals surface area contributed by atoms with Crippen LogP contribution in [0, 0.1) is 0 Å². The molecule has 0 bridgehead atoms. The maximum absolute atomic E-state index is 8.87. The molecule has 0 spiro atoms. The van der Waals surface area contributed by atoms with Gasteiger partial charge in [0.15, 0.2) is 0 Å². The third-order valence-corrected chi connectivity index (χ3v) is 3.79. The van der Waals surface area contributed by atoms with Crippen LogP contribution in [0.2, 0.25) is 0 Å². The first-order chi connectivity index (χ1) is 6.63. The van der Waals surface area contributed by atoms with Gasteiger partial charge in [0.2, 0.25) is 0 Å². The lowest BCUT2D eigenvalue weighted by Crippen LogP contribution is -2.02. The average Bonchev–Trinajstić information content (AvgIpc) is 2.16. The van der Waals surface area contributed by atoms with Crippen molar-refractivity contribution < 1.29 is 5.11 Å². The first-order valence-corrected chi connectivity index (χ1v) is 6.24. The molecule has 0 fully saturated rings. The van der Waals surface area contributed by atoms with E-state index in [0.717, 1.165) is 15.9 Å². The number of nitrogens with two attached hydrogens (primary N) is 1. The molecule has 2 nitrogen and oxygen atoms in total. The predicted molar refractivity (Wildman–Crippen MR) is 66.4 cm³/mol. The summed E-state index contributed by atoms with van der Waals surface area (Å²) in [6.45, 7) is 2.23. The molecule has 14 heavy (non-hydrogen) atoms. The van der Waals surface area contributed by atoms with Crippen molar-refractivity contribution in [2.45, 2.75) is 17.9 Å². The van der Waals surface area contributed by atoms with E-state index in [1.54, 1.807) is 11.8 Å². The Labute approximate surface area is 97.0 Å². The molecule has 0 amide bonds. The summed E-state index contributed by atoms with van der Waals surface area (Å²) in [6.07, 6.45) is 0. The van der Waals surface area contributed by atoms with Crippen LogP contribution in [0.15, 0.2) is 22.7 Å². The van der Waals surface area contributed by atoms with Gasteiger partial charge in [0.25, 0.3) is 0 Å². The van der Waals surface area contributed by atoms with Crippen molar-refractivity contribution in [3.8, 4) is 0 Å². The molecule has 1 atom stereocenters. The molecule has 0 radical (unpaired) electrons. The van der Waals surface area contributed by atoms with E-state index in [9.17, 15) is 0 Å². The second-order valence-corrected chi connectivity index (χ2v) is 5.44. The van der Waals surface area contributed by atoms with Crippen LogP contribution in [-0.4, -0.2) is 17.0 Å². The number of benzene rings is 1. The Balaban J connectivity index is 2.59. The second-order valence-electron chi connectivity index (χ2n) is 3.16. The van der Waals surface area contributed by atoms with Crippen LogP contribution in [0.25, 0.3) is 0 Å².